The van der Waals surface area contributed by atoms with Crippen molar-refractivity contribution in [3.8, 4) is 0 Å². The van der Waals surface area contributed by atoms with Crippen molar-refractivity contribution < 1.29 is 9.47 Å². The first-order valence-corrected chi connectivity index (χ1v) is 8.24. The van der Waals surface area contributed by atoms with Gasteiger partial charge in [-0.2, -0.15) is 11.8 Å². The molecule has 2 nitrogen and oxygen atoms in total. The molecule has 0 heterocycles. The van der Waals surface area contributed by atoms with E-state index in [-0.39, 0.29) is 6.29 Å². The fraction of sp³-hybridized carbons (Fsp3) is 1.00. The normalized spacial score (nSPS) is 27.2. The summed E-state index contributed by atoms with van der Waals surface area (Å²) in [7, 11) is 1.69. The molecule has 0 amide bonds. The van der Waals surface area contributed by atoms with E-state index in [0.29, 0.717) is 5.41 Å². The highest BCUT2D eigenvalue weighted by Gasteiger charge is 2.29. The molecule has 1 aliphatic rings. The van der Waals surface area contributed by atoms with Gasteiger partial charge in [-0.05, 0) is 43.9 Å². The molecule has 1 atom stereocenters. The summed E-state index contributed by atoms with van der Waals surface area (Å²) in [4.78, 5) is 0. The van der Waals surface area contributed by atoms with Crippen molar-refractivity contribution in [1.82, 2.24) is 0 Å². The fourth-order valence-corrected chi connectivity index (χ4v) is 3.72. The van der Waals surface area contributed by atoms with E-state index >= 15 is 0 Å². The SMILES string of the molecule is COC(C)OCCSC1CCC(C(C)(C)C)CC1. The Kier molecular flexibility index (Phi) is 7.04. The Bertz CT molecular complexity index is 217. The van der Waals surface area contributed by atoms with Gasteiger partial charge in [0.15, 0.2) is 6.29 Å². The molecule has 0 aromatic carbocycles. The van der Waals surface area contributed by atoms with Crippen LogP contribution in [0.4, 0.5) is 0 Å². The van der Waals surface area contributed by atoms with Gasteiger partial charge in [0, 0.05) is 18.1 Å². The van der Waals surface area contributed by atoms with Crippen molar-refractivity contribution in [3.05, 3.63) is 0 Å². The molecule has 0 aliphatic heterocycles. The lowest BCUT2D eigenvalue weighted by Gasteiger charge is -2.36. The largest absolute Gasteiger partial charge is 0.356 e. The smallest absolute Gasteiger partial charge is 0.154 e. The quantitative estimate of drug-likeness (QED) is 0.530. The van der Waals surface area contributed by atoms with Crippen LogP contribution in [0.15, 0.2) is 0 Å². The van der Waals surface area contributed by atoms with Crippen molar-refractivity contribution >= 4 is 11.8 Å². The predicted molar refractivity (Wildman–Crippen MR) is 80.1 cm³/mol. The van der Waals surface area contributed by atoms with Gasteiger partial charge in [0.25, 0.3) is 0 Å². The molecule has 1 rings (SSSR count). The maximum atomic E-state index is 5.51. The van der Waals surface area contributed by atoms with E-state index in [1.165, 1.54) is 25.7 Å². The van der Waals surface area contributed by atoms with Gasteiger partial charge in [0.05, 0.1) is 6.61 Å². The molecule has 0 saturated heterocycles. The standard InChI is InChI=1S/C15H30O2S/c1-12(16-5)17-10-11-18-14-8-6-13(7-9-14)15(2,3)4/h12-14H,6-11H2,1-5H3. The van der Waals surface area contributed by atoms with E-state index in [9.17, 15) is 0 Å². The molecule has 1 aliphatic carbocycles. The monoisotopic (exact) mass is 274 g/mol. The van der Waals surface area contributed by atoms with E-state index in [4.69, 9.17) is 9.47 Å². The molecular formula is C15H30O2S. The first kappa shape index (κ1) is 16.3. The predicted octanol–water partition coefficient (Wildman–Crippen LogP) is 4.33. The van der Waals surface area contributed by atoms with Crippen LogP contribution in [0.5, 0.6) is 0 Å². The van der Waals surface area contributed by atoms with Crippen molar-refractivity contribution in [2.75, 3.05) is 19.5 Å². The highest BCUT2D eigenvalue weighted by Crippen LogP contribution is 2.40. The van der Waals surface area contributed by atoms with Crippen molar-refractivity contribution in [3.63, 3.8) is 0 Å². The van der Waals surface area contributed by atoms with Gasteiger partial charge in [0.1, 0.15) is 0 Å². The molecule has 108 valence electrons. The van der Waals surface area contributed by atoms with Gasteiger partial charge >= 0.3 is 0 Å². The molecule has 0 radical (unpaired) electrons. The van der Waals surface area contributed by atoms with Gasteiger partial charge in [-0.25, -0.2) is 0 Å². The van der Waals surface area contributed by atoms with E-state index in [1.54, 1.807) is 7.11 Å². The number of rotatable bonds is 6. The lowest BCUT2D eigenvalue weighted by molar-refractivity contribution is -0.105. The summed E-state index contributed by atoms with van der Waals surface area (Å²) < 4.78 is 10.6. The first-order valence-electron chi connectivity index (χ1n) is 7.19. The summed E-state index contributed by atoms with van der Waals surface area (Å²) in [5, 5.41) is 0.852. The molecule has 1 saturated carbocycles. The second-order valence-corrected chi connectivity index (χ2v) is 7.79. The summed E-state index contributed by atoms with van der Waals surface area (Å²) in [6.07, 6.45) is 5.49. The number of thioether (sulfide) groups is 1. The molecule has 3 heteroatoms. The highest BCUT2D eigenvalue weighted by molar-refractivity contribution is 7.99. The summed E-state index contributed by atoms with van der Waals surface area (Å²) in [5.41, 5.74) is 0.493. The third-order valence-electron chi connectivity index (χ3n) is 4.02. The molecule has 0 aromatic rings. The topological polar surface area (TPSA) is 18.5 Å². The Morgan fingerprint density at radius 1 is 1.17 bits per heavy atom. The Hall–Kier alpha value is 0.270. The number of hydrogen-bond donors (Lipinski definition) is 0. The summed E-state index contributed by atoms with van der Waals surface area (Å²) in [6.45, 7) is 9.89. The van der Waals surface area contributed by atoms with Crippen LogP contribution >= 0.6 is 11.8 Å². The van der Waals surface area contributed by atoms with Gasteiger partial charge in [-0.1, -0.05) is 20.8 Å². The summed E-state index contributed by atoms with van der Waals surface area (Å²) in [6, 6.07) is 0. The van der Waals surface area contributed by atoms with Crippen LogP contribution in [0.3, 0.4) is 0 Å². The average Bonchev–Trinajstić information content (AvgIpc) is 2.33. The molecule has 18 heavy (non-hydrogen) atoms. The van der Waals surface area contributed by atoms with Gasteiger partial charge in [-0.3, -0.25) is 0 Å². The molecule has 0 N–H and O–H groups in total. The molecule has 0 spiro atoms. The zero-order valence-corrected chi connectivity index (χ0v) is 13.5. The Morgan fingerprint density at radius 3 is 2.28 bits per heavy atom. The van der Waals surface area contributed by atoms with Gasteiger partial charge in [-0.15, -0.1) is 0 Å². The average molecular weight is 274 g/mol. The maximum absolute atomic E-state index is 5.51. The second-order valence-electron chi connectivity index (χ2n) is 6.38. The van der Waals surface area contributed by atoms with E-state index in [0.717, 1.165) is 23.5 Å². The molecular weight excluding hydrogens is 244 g/mol. The number of hydrogen-bond acceptors (Lipinski definition) is 3. The van der Waals surface area contributed by atoms with Gasteiger partial charge in [0.2, 0.25) is 0 Å². The Balaban J connectivity index is 2.09. The fourth-order valence-electron chi connectivity index (χ4n) is 2.59. The minimum atomic E-state index is -0.0674. The second kappa shape index (κ2) is 7.76. The van der Waals surface area contributed by atoms with Crippen LogP contribution in [0.25, 0.3) is 0 Å². The Morgan fingerprint density at radius 2 is 1.78 bits per heavy atom. The van der Waals surface area contributed by atoms with Crippen LogP contribution < -0.4 is 0 Å². The summed E-state index contributed by atoms with van der Waals surface area (Å²) >= 11 is 2.08. The van der Waals surface area contributed by atoms with Crippen LogP contribution in [0.2, 0.25) is 0 Å². The molecule has 1 unspecified atom stereocenters. The number of methoxy groups -OCH3 is 1. The Labute approximate surface area is 117 Å². The van der Waals surface area contributed by atoms with E-state index < -0.39 is 0 Å². The minimum absolute atomic E-state index is 0.0674. The van der Waals surface area contributed by atoms with Crippen LogP contribution in [-0.4, -0.2) is 31.0 Å². The van der Waals surface area contributed by atoms with Gasteiger partial charge < -0.3 is 9.47 Å². The van der Waals surface area contributed by atoms with Crippen LogP contribution in [0, 0.1) is 11.3 Å². The number of ether oxygens (including phenoxy) is 2. The zero-order chi connectivity index (χ0) is 13.6. The van der Waals surface area contributed by atoms with Crippen LogP contribution in [-0.2, 0) is 9.47 Å². The minimum Gasteiger partial charge on any atom is -0.356 e. The summed E-state index contributed by atoms with van der Waals surface area (Å²) in [5.74, 6) is 2.01. The lowest BCUT2D eigenvalue weighted by atomic mass is 9.72. The maximum Gasteiger partial charge on any atom is 0.154 e. The third-order valence-corrected chi connectivity index (χ3v) is 5.37. The van der Waals surface area contributed by atoms with Crippen molar-refractivity contribution in [1.29, 1.82) is 0 Å². The zero-order valence-electron chi connectivity index (χ0n) is 12.7. The molecule has 0 aromatic heterocycles. The molecule has 0 bridgehead atoms. The van der Waals surface area contributed by atoms with E-state index in [1.807, 2.05) is 6.92 Å². The third kappa shape index (κ3) is 5.94. The molecule has 1 fully saturated rings. The van der Waals surface area contributed by atoms with E-state index in [2.05, 4.69) is 32.5 Å². The highest BCUT2D eigenvalue weighted by atomic mass is 32.2. The first-order chi connectivity index (χ1) is 8.43. The lowest BCUT2D eigenvalue weighted by Crippen LogP contribution is -2.27. The van der Waals surface area contributed by atoms with Crippen LogP contribution in [0.1, 0.15) is 53.4 Å². The van der Waals surface area contributed by atoms with Crippen molar-refractivity contribution in [2.45, 2.75) is 64.9 Å². The van der Waals surface area contributed by atoms with Crippen molar-refractivity contribution in [2.24, 2.45) is 11.3 Å².